The Labute approximate surface area is 286 Å². The molecule has 1 saturated carbocycles. The predicted molar refractivity (Wildman–Crippen MR) is 185 cm³/mol. The Kier molecular flexibility index (Phi) is 10.1. The number of nitrogen functional groups attached to an aromatic ring is 1. The molecule has 0 radical (unpaired) electrons. The minimum Gasteiger partial charge on any atom is -0.493 e. The Bertz CT molecular complexity index is 1760. The van der Waals surface area contributed by atoms with Crippen LogP contribution in [-0.4, -0.2) is 88.9 Å². The maximum atomic E-state index is 13.8. The van der Waals surface area contributed by atoms with Gasteiger partial charge in [0, 0.05) is 74.3 Å². The maximum absolute atomic E-state index is 13.8. The molecule has 2 aromatic carbocycles. The number of piperazine rings is 1. The smallest absolute Gasteiger partial charge is 0.253 e. The zero-order valence-corrected chi connectivity index (χ0v) is 27.6. The Morgan fingerprint density at radius 2 is 1.80 bits per heavy atom. The fourth-order valence-electron chi connectivity index (χ4n) is 7.30. The van der Waals surface area contributed by atoms with Gasteiger partial charge in [-0.05, 0) is 54.2 Å². The number of carbonyl (C=O) groups excluding carboxylic acids is 1. The number of nitrogens with one attached hydrogen (secondary N) is 1. The number of nitrogens with two attached hydrogens (primary N) is 1. The molecular formula is C38H43FN6O4. The van der Waals surface area contributed by atoms with Crippen LogP contribution in [-0.2, 0) is 11.3 Å². The molecule has 1 saturated heterocycles. The zero-order valence-electron chi connectivity index (χ0n) is 27.6. The van der Waals surface area contributed by atoms with Crippen LogP contribution in [0, 0.1) is 5.82 Å². The Balaban J connectivity index is 0.949. The van der Waals surface area contributed by atoms with Crippen LogP contribution in [0.1, 0.15) is 53.2 Å². The lowest BCUT2D eigenvalue weighted by molar-refractivity contribution is 0.0272. The Hall–Kier alpha value is -4.42. The van der Waals surface area contributed by atoms with Gasteiger partial charge in [0.15, 0.2) is 0 Å². The third-order valence-electron chi connectivity index (χ3n) is 10.0. The number of aliphatic hydroxyl groups is 1. The van der Waals surface area contributed by atoms with E-state index in [1.807, 2.05) is 0 Å². The molecule has 256 valence electrons. The van der Waals surface area contributed by atoms with Gasteiger partial charge in [0.05, 0.1) is 43.7 Å². The van der Waals surface area contributed by atoms with Gasteiger partial charge in [0.25, 0.3) is 5.91 Å². The first-order valence-corrected chi connectivity index (χ1v) is 17.2. The molecule has 49 heavy (non-hydrogen) atoms. The lowest BCUT2D eigenvalue weighted by Gasteiger charge is -2.41. The summed E-state index contributed by atoms with van der Waals surface area (Å²) in [6, 6.07) is 18.2. The largest absolute Gasteiger partial charge is 0.493 e. The summed E-state index contributed by atoms with van der Waals surface area (Å²) in [6.07, 6.45) is 7.55. The van der Waals surface area contributed by atoms with Crippen molar-refractivity contribution in [3.8, 4) is 28.0 Å². The number of amides is 1. The standard InChI is InChI=1S/C38H43FN6O4/c39-30-18-28(21-41-23-30)32-19-29(22-42-37(32)40)38(47)43-33-2-1-3-35(33)49-24-25-4-6-26(7-5-25)27-8-9-31-34(10-17-48-36(31)20-27)45-13-11-44(12-14-45)15-16-46/h4-9,18-23,33-35,46H,1-3,10-17,24H2,(H2,40,42)(H,43,47)/t33-,34?,35-/m0/s1. The van der Waals surface area contributed by atoms with Crippen molar-refractivity contribution in [1.29, 1.82) is 0 Å². The number of aliphatic hydroxyl groups excluding tert-OH is 1. The van der Waals surface area contributed by atoms with Crippen LogP contribution in [0.25, 0.3) is 22.3 Å². The van der Waals surface area contributed by atoms with Gasteiger partial charge >= 0.3 is 0 Å². The van der Waals surface area contributed by atoms with Gasteiger partial charge in [0.2, 0.25) is 0 Å². The van der Waals surface area contributed by atoms with Crippen LogP contribution in [0.3, 0.4) is 0 Å². The molecule has 3 atom stereocenters. The van der Waals surface area contributed by atoms with Crippen molar-refractivity contribution in [3.05, 3.63) is 95.7 Å². The number of anilines is 1. The van der Waals surface area contributed by atoms with Crippen LogP contribution >= 0.6 is 0 Å². The molecule has 1 amide bonds. The summed E-state index contributed by atoms with van der Waals surface area (Å²) >= 11 is 0. The number of hydrogen-bond acceptors (Lipinski definition) is 9. The number of β-amino-alcohol motifs (C(OH)–C–C–N with tert-alkyl or cyclic N) is 1. The van der Waals surface area contributed by atoms with Gasteiger partial charge in [-0.1, -0.05) is 36.4 Å². The van der Waals surface area contributed by atoms with Crippen molar-refractivity contribution in [2.24, 2.45) is 0 Å². The normalized spacial score (nSPS) is 21.2. The molecule has 11 heteroatoms. The average Bonchev–Trinajstić information content (AvgIpc) is 3.57. The van der Waals surface area contributed by atoms with E-state index < -0.39 is 5.82 Å². The highest BCUT2D eigenvalue weighted by Crippen LogP contribution is 2.39. The summed E-state index contributed by atoms with van der Waals surface area (Å²) < 4.78 is 26.2. The van der Waals surface area contributed by atoms with Crippen molar-refractivity contribution in [3.63, 3.8) is 0 Å². The number of carbonyl (C=O) groups is 1. The Morgan fingerprint density at radius 1 is 0.980 bits per heavy atom. The van der Waals surface area contributed by atoms with Crippen LogP contribution in [0.15, 0.2) is 73.2 Å². The lowest BCUT2D eigenvalue weighted by atomic mass is 9.94. The van der Waals surface area contributed by atoms with Crippen molar-refractivity contribution >= 4 is 11.7 Å². The van der Waals surface area contributed by atoms with Crippen molar-refractivity contribution in [1.82, 2.24) is 25.1 Å². The van der Waals surface area contributed by atoms with Crippen LogP contribution in [0.4, 0.5) is 10.2 Å². The highest BCUT2D eigenvalue weighted by Gasteiger charge is 2.31. The van der Waals surface area contributed by atoms with E-state index in [-0.39, 0.29) is 30.5 Å². The lowest BCUT2D eigenvalue weighted by Crippen LogP contribution is -2.48. The number of hydrogen-bond donors (Lipinski definition) is 3. The van der Waals surface area contributed by atoms with Crippen LogP contribution < -0.4 is 15.8 Å². The third kappa shape index (κ3) is 7.60. The molecule has 7 rings (SSSR count). The maximum Gasteiger partial charge on any atom is 0.253 e. The van der Waals surface area contributed by atoms with Gasteiger partial charge < -0.3 is 25.6 Å². The number of halogens is 1. The molecular weight excluding hydrogens is 623 g/mol. The van der Waals surface area contributed by atoms with E-state index in [0.717, 1.165) is 87.0 Å². The third-order valence-corrected chi connectivity index (χ3v) is 10.0. The first kappa shape index (κ1) is 33.1. The molecule has 2 fully saturated rings. The first-order valence-electron chi connectivity index (χ1n) is 17.2. The van der Waals surface area contributed by atoms with Gasteiger partial charge in [-0.3, -0.25) is 19.6 Å². The number of pyridine rings is 2. The molecule has 0 spiro atoms. The van der Waals surface area contributed by atoms with Gasteiger partial charge in [-0.2, -0.15) is 0 Å². The SMILES string of the molecule is Nc1ncc(C(=O)N[C@H]2CCC[C@@H]2OCc2ccc(-c3ccc4c(c3)OCCC4N3CCN(CCO)CC3)cc2)cc1-c1cncc(F)c1. The quantitative estimate of drug-likeness (QED) is 0.218. The monoisotopic (exact) mass is 666 g/mol. The second-order valence-electron chi connectivity index (χ2n) is 13.1. The second kappa shape index (κ2) is 15.0. The van der Waals surface area contributed by atoms with Gasteiger partial charge in [-0.15, -0.1) is 0 Å². The number of nitrogens with zero attached hydrogens (tertiary/aromatic N) is 4. The minimum absolute atomic E-state index is 0.111. The number of fused-ring (bicyclic) bond motifs is 1. The summed E-state index contributed by atoms with van der Waals surface area (Å²) in [7, 11) is 0. The summed E-state index contributed by atoms with van der Waals surface area (Å²) in [5.41, 5.74) is 11.8. The zero-order chi connectivity index (χ0) is 33.7. The predicted octanol–water partition coefficient (Wildman–Crippen LogP) is 4.83. The fraction of sp³-hybridized carbons (Fsp3) is 0.395. The van der Waals surface area contributed by atoms with Gasteiger partial charge in [-0.25, -0.2) is 9.37 Å². The number of ether oxygens (including phenoxy) is 2. The number of rotatable bonds is 10. The summed E-state index contributed by atoms with van der Waals surface area (Å²) in [4.78, 5) is 26.2. The minimum atomic E-state index is -0.490. The molecule has 4 N–H and O–H groups in total. The van der Waals surface area contributed by atoms with E-state index in [9.17, 15) is 14.3 Å². The molecule has 0 bridgehead atoms. The molecule has 4 aromatic rings. The van der Waals surface area contributed by atoms with Crippen LogP contribution in [0.2, 0.25) is 0 Å². The Morgan fingerprint density at radius 3 is 2.59 bits per heavy atom. The van der Waals surface area contributed by atoms with E-state index in [1.165, 1.54) is 24.0 Å². The molecule has 2 aliphatic heterocycles. The summed E-state index contributed by atoms with van der Waals surface area (Å²) in [5, 5.41) is 12.4. The van der Waals surface area contributed by atoms with Crippen molar-refractivity contribution in [2.45, 2.75) is 50.5 Å². The number of aromatic nitrogens is 2. The molecule has 1 aliphatic carbocycles. The van der Waals surface area contributed by atoms with Gasteiger partial charge in [0.1, 0.15) is 17.4 Å². The molecule has 3 aliphatic rings. The van der Waals surface area contributed by atoms with E-state index in [2.05, 4.69) is 67.5 Å². The highest BCUT2D eigenvalue weighted by molar-refractivity contribution is 5.96. The highest BCUT2D eigenvalue weighted by atomic mass is 19.1. The topological polar surface area (TPSA) is 126 Å². The van der Waals surface area contributed by atoms with Crippen molar-refractivity contribution in [2.75, 3.05) is 51.7 Å². The second-order valence-corrected chi connectivity index (χ2v) is 13.1. The molecule has 10 nitrogen and oxygen atoms in total. The van der Waals surface area contributed by atoms with Crippen molar-refractivity contribution < 1.29 is 23.8 Å². The first-order chi connectivity index (χ1) is 23.9. The molecule has 1 unspecified atom stereocenters. The van der Waals surface area contributed by atoms with E-state index >= 15 is 0 Å². The molecule has 2 aromatic heterocycles. The van der Waals surface area contributed by atoms with E-state index in [0.29, 0.717) is 35.9 Å². The van der Waals surface area contributed by atoms with E-state index in [1.54, 1.807) is 6.07 Å². The fourth-order valence-corrected chi connectivity index (χ4v) is 7.30. The average molecular weight is 667 g/mol. The van der Waals surface area contributed by atoms with Crippen LogP contribution in [0.5, 0.6) is 5.75 Å². The molecule has 4 heterocycles. The number of benzene rings is 2. The summed E-state index contributed by atoms with van der Waals surface area (Å²) in [5.74, 6) is 0.399. The summed E-state index contributed by atoms with van der Waals surface area (Å²) in [6.45, 7) is 6.08. The van der Waals surface area contributed by atoms with E-state index in [4.69, 9.17) is 15.2 Å².